The van der Waals surface area contributed by atoms with Gasteiger partial charge in [0.2, 0.25) is 11.4 Å². The van der Waals surface area contributed by atoms with Gasteiger partial charge in [0.25, 0.3) is 0 Å². The van der Waals surface area contributed by atoms with Crippen LogP contribution in [0, 0.1) is 5.92 Å². The number of carbonyl (C=O) groups is 2. The minimum Gasteiger partial charge on any atom is -0.496 e. The molecule has 0 unspecified atom stereocenters. The topological polar surface area (TPSA) is 71.1 Å². The molecule has 7 heteroatoms. The minimum absolute atomic E-state index is 0.0444. The van der Waals surface area contributed by atoms with Crippen molar-refractivity contribution < 1.29 is 28.5 Å². The Hall–Kier alpha value is -1.79. The summed E-state index contributed by atoms with van der Waals surface area (Å²) in [6, 6.07) is 1.56. The number of ketones is 2. The molecule has 1 saturated carbocycles. The SMILES string of the molecule is COc1cc(OC)c2c(c1Cl)O[C@@]1(C2=O)[C@@H](C)CC(=O)C[C@H]1OC. The van der Waals surface area contributed by atoms with Crippen LogP contribution in [0.4, 0.5) is 0 Å². The Bertz CT molecular complexity index is 716. The lowest BCUT2D eigenvalue weighted by Crippen LogP contribution is -2.60. The van der Waals surface area contributed by atoms with Gasteiger partial charge in [-0.1, -0.05) is 18.5 Å². The van der Waals surface area contributed by atoms with Crippen LogP contribution in [0.2, 0.25) is 5.02 Å². The van der Waals surface area contributed by atoms with Crippen LogP contribution in [0.1, 0.15) is 30.1 Å². The smallest absolute Gasteiger partial charge is 0.216 e. The summed E-state index contributed by atoms with van der Waals surface area (Å²) >= 11 is 6.35. The zero-order valence-corrected chi connectivity index (χ0v) is 14.7. The third kappa shape index (κ3) is 2.13. The molecule has 0 radical (unpaired) electrons. The van der Waals surface area contributed by atoms with E-state index in [2.05, 4.69) is 0 Å². The first kappa shape index (κ1) is 17.0. The fourth-order valence-corrected chi connectivity index (χ4v) is 3.93. The Morgan fingerprint density at radius 1 is 1.17 bits per heavy atom. The van der Waals surface area contributed by atoms with E-state index in [0.29, 0.717) is 11.5 Å². The number of ether oxygens (including phenoxy) is 4. The van der Waals surface area contributed by atoms with E-state index >= 15 is 0 Å². The number of rotatable bonds is 3. The van der Waals surface area contributed by atoms with Crippen molar-refractivity contribution in [2.45, 2.75) is 31.5 Å². The van der Waals surface area contributed by atoms with E-state index in [9.17, 15) is 9.59 Å². The molecule has 1 fully saturated rings. The number of carbonyl (C=O) groups excluding carboxylic acids is 2. The Labute approximate surface area is 145 Å². The molecule has 1 aromatic rings. The van der Waals surface area contributed by atoms with E-state index < -0.39 is 11.7 Å². The summed E-state index contributed by atoms with van der Waals surface area (Å²) < 4.78 is 22.1. The molecule has 0 amide bonds. The van der Waals surface area contributed by atoms with Gasteiger partial charge < -0.3 is 18.9 Å². The number of hydrogen-bond donors (Lipinski definition) is 0. The van der Waals surface area contributed by atoms with Crippen molar-refractivity contribution in [3.8, 4) is 17.2 Å². The van der Waals surface area contributed by atoms with E-state index in [1.54, 1.807) is 6.07 Å². The van der Waals surface area contributed by atoms with E-state index in [-0.39, 0.29) is 46.7 Å². The van der Waals surface area contributed by atoms with Gasteiger partial charge in [0, 0.05) is 31.9 Å². The lowest BCUT2D eigenvalue weighted by atomic mass is 9.71. The van der Waals surface area contributed by atoms with Crippen molar-refractivity contribution in [3.05, 3.63) is 16.7 Å². The normalized spacial score (nSPS) is 28.7. The number of Topliss-reactive ketones (excluding diaryl/α,β-unsaturated/α-hetero) is 2. The fraction of sp³-hybridized carbons (Fsp3) is 0.529. The summed E-state index contributed by atoms with van der Waals surface area (Å²) in [5, 5.41) is 0.206. The van der Waals surface area contributed by atoms with Gasteiger partial charge in [0.15, 0.2) is 5.75 Å². The van der Waals surface area contributed by atoms with Gasteiger partial charge in [0.05, 0.1) is 14.2 Å². The molecule has 1 spiro atoms. The predicted octanol–water partition coefficient (Wildman–Crippen LogP) is 2.69. The molecule has 130 valence electrons. The molecular weight excluding hydrogens is 336 g/mol. The molecule has 3 rings (SSSR count). The van der Waals surface area contributed by atoms with Crippen LogP contribution in [-0.2, 0) is 9.53 Å². The van der Waals surface area contributed by atoms with Crippen LogP contribution in [-0.4, -0.2) is 44.6 Å². The average Bonchev–Trinajstić information content (AvgIpc) is 2.87. The molecule has 2 aliphatic rings. The standard InChI is InChI=1S/C17H19ClO6/c1-8-5-9(19)6-12(23-4)17(8)16(20)13-10(21-2)7-11(22-3)14(18)15(13)24-17/h7-8,12H,5-6H2,1-4H3/t8-,12+,17-/m0/s1. The zero-order valence-electron chi connectivity index (χ0n) is 14.0. The Morgan fingerprint density at radius 3 is 2.42 bits per heavy atom. The van der Waals surface area contributed by atoms with Gasteiger partial charge in [-0.25, -0.2) is 0 Å². The van der Waals surface area contributed by atoms with Crippen LogP contribution in [0.5, 0.6) is 17.2 Å². The maximum atomic E-state index is 13.3. The number of halogens is 1. The third-order valence-corrected chi connectivity index (χ3v) is 5.24. The summed E-state index contributed by atoms with van der Waals surface area (Å²) in [6.45, 7) is 1.81. The van der Waals surface area contributed by atoms with Crippen molar-refractivity contribution in [2.24, 2.45) is 5.92 Å². The summed E-state index contributed by atoms with van der Waals surface area (Å²) in [5.41, 5.74) is -1.01. The van der Waals surface area contributed by atoms with Gasteiger partial charge in [-0.15, -0.1) is 0 Å². The molecule has 1 aromatic carbocycles. The van der Waals surface area contributed by atoms with Crippen LogP contribution in [0.15, 0.2) is 6.07 Å². The first-order chi connectivity index (χ1) is 11.4. The Balaban J connectivity index is 2.20. The van der Waals surface area contributed by atoms with Gasteiger partial charge in [-0.3, -0.25) is 9.59 Å². The highest BCUT2D eigenvalue weighted by molar-refractivity contribution is 6.35. The lowest BCUT2D eigenvalue weighted by Gasteiger charge is -2.42. The van der Waals surface area contributed by atoms with E-state index in [0.717, 1.165) is 0 Å². The van der Waals surface area contributed by atoms with Crippen molar-refractivity contribution in [2.75, 3.05) is 21.3 Å². The lowest BCUT2D eigenvalue weighted by molar-refractivity contribution is -0.139. The molecule has 3 atom stereocenters. The van der Waals surface area contributed by atoms with Crippen LogP contribution in [0.3, 0.4) is 0 Å². The third-order valence-electron chi connectivity index (χ3n) is 4.89. The molecule has 1 heterocycles. The van der Waals surface area contributed by atoms with Crippen molar-refractivity contribution in [3.63, 3.8) is 0 Å². The largest absolute Gasteiger partial charge is 0.496 e. The van der Waals surface area contributed by atoms with Crippen molar-refractivity contribution in [1.29, 1.82) is 0 Å². The Kier molecular flexibility index (Phi) is 4.21. The number of benzene rings is 1. The molecule has 0 saturated heterocycles. The summed E-state index contributed by atoms with van der Waals surface area (Å²) in [6.07, 6.45) is -0.311. The minimum atomic E-state index is -1.28. The molecule has 0 N–H and O–H groups in total. The first-order valence-corrected chi connectivity index (χ1v) is 8.01. The molecule has 0 aromatic heterocycles. The maximum absolute atomic E-state index is 13.3. The van der Waals surface area contributed by atoms with E-state index in [1.807, 2.05) is 6.92 Å². The number of hydrogen-bond acceptors (Lipinski definition) is 6. The summed E-state index contributed by atoms with van der Waals surface area (Å²) in [5.74, 6) is 0.322. The first-order valence-electron chi connectivity index (χ1n) is 7.63. The number of methoxy groups -OCH3 is 3. The highest BCUT2D eigenvalue weighted by atomic mass is 35.5. The van der Waals surface area contributed by atoms with Crippen molar-refractivity contribution in [1.82, 2.24) is 0 Å². The van der Waals surface area contributed by atoms with Gasteiger partial charge in [-0.05, 0) is 0 Å². The fourth-order valence-electron chi connectivity index (χ4n) is 3.67. The second-order valence-electron chi connectivity index (χ2n) is 6.10. The quantitative estimate of drug-likeness (QED) is 0.831. The predicted molar refractivity (Wildman–Crippen MR) is 86.4 cm³/mol. The van der Waals surface area contributed by atoms with Gasteiger partial charge in [-0.2, -0.15) is 0 Å². The molecular formula is C17H19ClO6. The van der Waals surface area contributed by atoms with Crippen molar-refractivity contribution >= 4 is 23.2 Å². The highest BCUT2D eigenvalue weighted by Crippen LogP contribution is 2.54. The molecule has 0 bridgehead atoms. The van der Waals surface area contributed by atoms with E-state index in [1.165, 1.54) is 21.3 Å². The summed E-state index contributed by atoms with van der Waals surface area (Å²) in [4.78, 5) is 25.2. The van der Waals surface area contributed by atoms with Gasteiger partial charge >= 0.3 is 0 Å². The van der Waals surface area contributed by atoms with Crippen LogP contribution < -0.4 is 14.2 Å². The Morgan fingerprint density at radius 2 is 1.83 bits per heavy atom. The molecule has 1 aliphatic heterocycles. The highest BCUT2D eigenvalue weighted by Gasteiger charge is 2.61. The maximum Gasteiger partial charge on any atom is 0.216 e. The summed E-state index contributed by atoms with van der Waals surface area (Å²) in [7, 11) is 4.40. The van der Waals surface area contributed by atoms with E-state index in [4.69, 9.17) is 30.5 Å². The second-order valence-corrected chi connectivity index (χ2v) is 6.47. The monoisotopic (exact) mass is 354 g/mol. The molecule has 24 heavy (non-hydrogen) atoms. The van der Waals surface area contributed by atoms with Crippen LogP contribution >= 0.6 is 11.6 Å². The average molecular weight is 355 g/mol. The van der Waals surface area contributed by atoms with Gasteiger partial charge in [0.1, 0.15) is 34.0 Å². The molecule has 6 nitrogen and oxygen atoms in total. The van der Waals surface area contributed by atoms with Crippen LogP contribution in [0.25, 0.3) is 0 Å². The zero-order chi connectivity index (χ0) is 17.6. The number of fused-ring (bicyclic) bond motifs is 1. The molecule has 1 aliphatic carbocycles. The second kappa shape index (κ2) is 5.93.